The average Bonchev–Trinajstić information content (AvgIpc) is 2.21. The van der Waals surface area contributed by atoms with E-state index in [1.54, 1.807) is 0 Å². The zero-order valence-corrected chi connectivity index (χ0v) is 7.38. The zero-order chi connectivity index (χ0) is 8.23. The molecule has 2 aliphatic rings. The third-order valence-corrected chi connectivity index (χ3v) is 2.47. The Bertz CT molecular complexity index is 114. The fraction of sp³-hybridized carbons (Fsp3) is 1.00. The van der Waals surface area contributed by atoms with Gasteiger partial charge >= 0.3 is 0 Å². The summed E-state index contributed by atoms with van der Waals surface area (Å²) in [5, 5.41) is 6.68. The van der Waals surface area contributed by atoms with E-state index in [1.807, 2.05) is 0 Å². The molecule has 0 aromatic rings. The van der Waals surface area contributed by atoms with E-state index in [9.17, 15) is 0 Å². The molecule has 4 nitrogen and oxygen atoms in total. The summed E-state index contributed by atoms with van der Waals surface area (Å²) in [7, 11) is 0. The Labute approximate surface area is 73.3 Å². The molecule has 2 heterocycles. The van der Waals surface area contributed by atoms with Crippen molar-refractivity contribution in [3.05, 3.63) is 0 Å². The SMILES string of the molecule is C1CN(C2CNCCO2)CCN1. The van der Waals surface area contributed by atoms with Crippen molar-refractivity contribution in [3.8, 4) is 0 Å². The van der Waals surface area contributed by atoms with Gasteiger partial charge < -0.3 is 15.4 Å². The molecule has 0 amide bonds. The van der Waals surface area contributed by atoms with Gasteiger partial charge in [-0.25, -0.2) is 0 Å². The molecule has 0 saturated carbocycles. The molecule has 0 aliphatic carbocycles. The molecule has 12 heavy (non-hydrogen) atoms. The van der Waals surface area contributed by atoms with Crippen LogP contribution < -0.4 is 10.6 Å². The number of ether oxygens (including phenoxy) is 1. The number of hydrogen-bond donors (Lipinski definition) is 2. The lowest BCUT2D eigenvalue weighted by Gasteiger charge is -2.36. The van der Waals surface area contributed by atoms with Crippen molar-refractivity contribution in [2.45, 2.75) is 6.23 Å². The van der Waals surface area contributed by atoms with E-state index in [1.165, 1.54) is 0 Å². The minimum absolute atomic E-state index is 0.320. The highest BCUT2D eigenvalue weighted by atomic mass is 16.5. The number of morpholine rings is 1. The molecule has 1 unspecified atom stereocenters. The first-order valence-electron chi connectivity index (χ1n) is 4.74. The summed E-state index contributed by atoms with van der Waals surface area (Å²) in [6, 6.07) is 0. The van der Waals surface area contributed by atoms with Crippen molar-refractivity contribution in [3.63, 3.8) is 0 Å². The summed E-state index contributed by atoms with van der Waals surface area (Å²) in [6.07, 6.45) is 0.320. The second kappa shape index (κ2) is 4.18. The van der Waals surface area contributed by atoms with Gasteiger partial charge in [-0.3, -0.25) is 4.90 Å². The first-order valence-corrected chi connectivity index (χ1v) is 4.74. The van der Waals surface area contributed by atoms with Crippen LogP contribution in [0.4, 0.5) is 0 Å². The number of piperazine rings is 1. The van der Waals surface area contributed by atoms with Gasteiger partial charge in [-0.2, -0.15) is 0 Å². The van der Waals surface area contributed by atoms with Crippen molar-refractivity contribution >= 4 is 0 Å². The van der Waals surface area contributed by atoms with E-state index >= 15 is 0 Å². The summed E-state index contributed by atoms with van der Waals surface area (Å²) in [4.78, 5) is 2.41. The first kappa shape index (κ1) is 8.44. The van der Waals surface area contributed by atoms with Crippen LogP contribution in [0.1, 0.15) is 0 Å². The molecular formula is C8H17N3O. The number of rotatable bonds is 1. The maximum atomic E-state index is 5.65. The van der Waals surface area contributed by atoms with Gasteiger partial charge in [0.25, 0.3) is 0 Å². The van der Waals surface area contributed by atoms with Gasteiger partial charge in [-0.15, -0.1) is 0 Å². The maximum absolute atomic E-state index is 5.65. The van der Waals surface area contributed by atoms with Crippen molar-refractivity contribution in [2.75, 3.05) is 45.9 Å². The van der Waals surface area contributed by atoms with Crippen LogP contribution in [-0.4, -0.2) is 57.0 Å². The highest BCUT2D eigenvalue weighted by Crippen LogP contribution is 2.04. The van der Waals surface area contributed by atoms with Gasteiger partial charge in [-0.1, -0.05) is 0 Å². The van der Waals surface area contributed by atoms with Crippen LogP contribution in [0, 0.1) is 0 Å². The molecule has 0 spiro atoms. The largest absolute Gasteiger partial charge is 0.360 e. The molecule has 4 heteroatoms. The zero-order valence-electron chi connectivity index (χ0n) is 7.38. The van der Waals surface area contributed by atoms with Crippen LogP contribution in [0.2, 0.25) is 0 Å². The number of nitrogens with one attached hydrogen (secondary N) is 2. The maximum Gasteiger partial charge on any atom is 0.123 e. The van der Waals surface area contributed by atoms with Crippen molar-refractivity contribution in [1.29, 1.82) is 0 Å². The lowest BCUT2D eigenvalue weighted by Crippen LogP contribution is -2.55. The molecule has 2 aliphatic heterocycles. The van der Waals surface area contributed by atoms with E-state index in [0.717, 1.165) is 45.9 Å². The van der Waals surface area contributed by atoms with Crippen LogP contribution in [0.25, 0.3) is 0 Å². The van der Waals surface area contributed by atoms with Gasteiger partial charge in [0.1, 0.15) is 6.23 Å². The quantitative estimate of drug-likeness (QED) is 0.522. The molecule has 0 bridgehead atoms. The Morgan fingerprint density at radius 1 is 1.08 bits per heavy atom. The topological polar surface area (TPSA) is 36.5 Å². The van der Waals surface area contributed by atoms with Crippen molar-refractivity contribution in [2.24, 2.45) is 0 Å². The van der Waals surface area contributed by atoms with Crippen molar-refractivity contribution < 1.29 is 4.74 Å². The molecule has 0 aromatic heterocycles. The summed E-state index contributed by atoms with van der Waals surface area (Å²) >= 11 is 0. The first-order chi connectivity index (χ1) is 5.97. The predicted molar refractivity (Wildman–Crippen MR) is 47.1 cm³/mol. The second-order valence-corrected chi connectivity index (χ2v) is 3.32. The van der Waals surface area contributed by atoms with Gasteiger partial charge in [0, 0.05) is 39.3 Å². The minimum Gasteiger partial charge on any atom is -0.360 e. The normalized spacial score (nSPS) is 33.5. The van der Waals surface area contributed by atoms with E-state index in [2.05, 4.69) is 15.5 Å². The molecule has 2 fully saturated rings. The fourth-order valence-electron chi connectivity index (χ4n) is 1.76. The second-order valence-electron chi connectivity index (χ2n) is 3.32. The fourth-order valence-corrected chi connectivity index (χ4v) is 1.76. The Balaban J connectivity index is 1.80. The van der Waals surface area contributed by atoms with Crippen LogP contribution in [0.3, 0.4) is 0 Å². The Morgan fingerprint density at radius 3 is 2.58 bits per heavy atom. The molecule has 2 saturated heterocycles. The van der Waals surface area contributed by atoms with Crippen LogP contribution in [-0.2, 0) is 4.74 Å². The molecule has 1 atom stereocenters. The highest BCUT2D eigenvalue weighted by molar-refractivity contribution is 4.74. The molecule has 2 rings (SSSR count). The smallest absolute Gasteiger partial charge is 0.123 e. The highest BCUT2D eigenvalue weighted by Gasteiger charge is 2.22. The average molecular weight is 171 g/mol. The third kappa shape index (κ3) is 1.95. The van der Waals surface area contributed by atoms with E-state index in [0.29, 0.717) is 6.23 Å². The van der Waals surface area contributed by atoms with Gasteiger partial charge in [-0.05, 0) is 0 Å². The summed E-state index contributed by atoms with van der Waals surface area (Å²) in [5.74, 6) is 0. The Kier molecular flexibility index (Phi) is 2.94. The van der Waals surface area contributed by atoms with Gasteiger partial charge in [0.2, 0.25) is 0 Å². The molecule has 0 aromatic carbocycles. The summed E-state index contributed by atoms with van der Waals surface area (Å²) < 4.78 is 5.65. The number of nitrogens with zero attached hydrogens (tertiary/aromatic N) is 1. The van der Waals surface area contributed by atoms with Gasteiger partial charge in [0.05, 0.1) is 6.61 Å². The molecular weight excluding hydrogens is 154 g/mol. The van der Waals surface area contributed by atoms with E-state index < -0.39 is 0 Å². The van der Waals surface area contributed by atoms with Crippen LogP contribution in [0.5, 0.6) is 0 Å². The predicted octanol–water partition coefficient (Wildman–Crippen LogP) is -1.16. The summed E-state index contributed by atoms with van der Waals surface area (Å²) in [5.41, 5.74) is 0. The monoisotopic (exact) mass is 171 g/mol. The lowest BCUT2D eigenvalue weighted by molar-refractivity contribution is -0.0788. The van der Waals surface area contributed by atoms with Gasteiger partial charge in [0.15, 0.2) is 0 Å². The Hall–Kier alpha value is -0.160. The lowest BCUT2D eigenvalue weighted by atomic mass is 10.3. The standard InChI is InChI=1S/C8H17N3O/c1-4-11(5-2-9-1)8-7-10-3-6-12-8/h8-10H,1-7H2. The summed E-state index contributed by atoms with van der Waals surface area (Å²) in [6.45, 7) is 7.27. The third-order valence-electron chi connectivity index (χ3n) is 2.47. The Morgan fingerprint density at radius 2 is 1.92 bits per heavy atom. The molecule has 2 N–H and O–H groups in total. The number of hydrogen-bond acceptors (Lipinski definition) is 4. The van der Waals surface area contributed by atoms with E-state index in [-0.39, 0.29) is 0 Å². The van der Waals surface area contributed by atoms with Crippen molar-refractivity contribution in [1.82, 2.24) is 15.5 Å². The molecule has 70 valence electrons. The minimum atomic E-state index is 0.320. The molecule has 0 radical (unpaired) electrons. The van der Waals surface area contributed by atoms with Crippen LogP contribution >= 0.6 is 0 Å². The van der Waals surface area contributed by atoms with E-state index in [4.69, 9.17) is 4.74 Å². The van der Waals surface area contributed by atoms with Crippen LogP contribution in [0.15, 0.2) is 0 Å².